The molecule has 0 saturated heterocycles. The van der Waals surface area contributed by atoms with Crippen molar-refractivity contribution in [2.75, 3.05) is 6.54 Å². The van der Waals surface area contributed by atoms with Gasteiger partial charge in [0.1, 0.15) is 11.6 Å². The fourth-order valence-electron chi connectivity index (χ4n) is 2.16. The summed E-state index contributed by atoms with van der Waals surface area (Å²) in [6.45, 7) is 4.83. The molecular formula is C16H19F2NS. The molecule has 4 heteroatoms. The van der Waals surface area contributed by atoms with Crippen molar-refractivity contribution >= 4 is 11.3 Å². The molecule has 1 N–H and O–H groups in total. The lowest BCUT2D eigenvalue weighted by atomic mass is 10.0. The van der Waals surface area contributed by atoms with Crippen LogP contribution in [0.2, 0.25) is 0 Å². The highest BCUT2D eigenvalue weighted by atomic mass is 32.1. The number of halogens is 2. The summed E-state index contributed by atoms with van der Waals surface area (Å²) in [6, 6.07) is 7.60. The van der Waals surface area contributed by atoms with Crippen LogP contribution in [0.15, 0.2) is 30.3 Å². The second-order valence-corrected chi connectivity index (χ2v) is 5.88. The largest absolute Gasteiger partial charge is 0.305 e. The molecule has 0 saturated carbocycles. The van der Waals surface area contributed by atoms with Crippen molar-refractivity contribution in [2.24, 2.45) is 0 Å². The topological polar surface area (TPSA) is 12.0 Å². The van der Waals surface area contributed by atoms with Gasteiger partial charge in [-0.25, -0.2) is 8.78 Å². The zero-order chi connectivity index (χ0) is 14.5. The minimum absolute atomic E-state index is 0.116. The third-order valence-electron chi connectivity index (χ3n) is 3.20. The Morgan fingerprint density at radius 2 is 1.80 bits per heavy atom. The van der Waals surface area contributed by atoms with Crippen molar-refractivity contribution in [3.63, 3.8) is 0 Å². The Balaban J connectivity index is 2.41. The summed E-state index contributed by atoms with van der Waals surface area (Å²) in [5, 5.41) is 3.25. The van der Waals surface area contributed by atoms with Gasteiger partial charge in [-0.1, -0.05) is 19.9 Å². The highest BCUT2D eigenvalue weighted by molar-refractivity contribution is 7.12. The molecule has 108 valence electrons. The first kappa shape index (κ1) is 15.1. The van der Waals surface area contributed by atoms with Crippen LogP contribution in [-0.2, 0) is 6.42 Å². The number of aryl methyl sites for hydroxylation is 1. The van der Waals surface area contributed by atoms with Gasteiger partial charge in [0.2, 0.25) is 0 Å². The first-order valence-corrected chi connectivity index (χ1v) is 7.74. The van der Waals surface area contributed by atoms with Crippen molar-refractivity contribution in [3.8, 4) is 0 Å². The first-order chi connectivity index (χ1) is 9.67. The molecule has 1 unspecified atom stereocenters. The molecule has 1 nitrogen and oxygen atoms in total. The van der Waals surface area contributed by atoms with Gasteiger partial charge < -0.3 is 5.32 Å². The molecule has 1 aromatic carbocycles. The Hall–Kier alpha value is -1.26. The molecule has 2 aromatic rings. The molecule has 1 aromatic heterocycles. The monoisotopic (exact) mass is 295 g/mol. The smallest absolute Gasteiger partial charge is 0.131 e. The molecule has 0 aliphatic carbocycles. The second-order valence-electron chi connectivity index (χ2n) is 4.68. The molecule has 0 amide bonds. The van der Waals surface area contributed by atoms with Gasteiger partial charge in [-0.05, 0) is 43.7 Å². The average Bonchev–Trinajstić information content (AvgIpc) is 2.90. The number of rotatable bonds is 6. The van der Waals surface area contributed by atoms with Crippen molar-refractivity contribution in [2.45, 2.75) is 32.7 Å². The Kier molecular flexibility index (Phi) is 5.26. The summed E-state index contributed by atoms with van der Waals surface area (Å²) in [7, 11) is 0. The molecule has 0 radical (unpaired) electrons. The SMILES string of the molecule is CCCNC(c1ccc(CC)s1)c1c(F)cccc1F. The molecule has 0 spiro atoms. The number of benzene rings is 1. The highest BCUT2D eigenvalue weighted by Gasteiger charge is 2.22. The van der Waals surface area contributed by atoms with Crippen molar-refractivity contribution in [1.82, 2.24) is 5.32 Å². The van der Waals surface area contributed by atoms with Gasteiger partial charge in [-0.3, -0.25) is 0 Å². The molecule has 0 aliphatic rings. The molecular weight excluding hydrogens is 276 g/mol. The van der Waals surface area contributed by atoms with Crippen molar-refractivity contribution < 1.29 is 8.78 Å². The quantitative estimate of drug-likeness (QED) is 0.816. The number of thiophene rings is 1. The third kappa shape index (κ3) is 3.25. The molecule has 0 fully saturated rings. The number of hydrogen-bond donors (Lipinski definition) is 1. The lowest BCUT2D eigenvalue weighted by Gasteiger charge is -2.19. The van der Waals surface area contributed by atoms with Crippen LogP contribution in [0.1, 0.15) is 41.6 Å². The maximum atomic E-state index is 14.0. The highest BCUT2D eigenvalue weighted by Crippen LogP contribution is 2.31. The van der Waals surface area contributed by atoms with Gasteiger partial charge in [-0.2, -0.15) is 0 Å². The van der Waals surface area contributed by atoms with E-state index in [1.807, 2.05) is 19.1 Å². The maximum Gasteiger partial charge on any atom is 0.131 e. The normalized spacial score (nSPS) is 12.6. The predicted molar refractivity (Wildman–Crippen MR) is 80.2 cm³/mol. The Labute approximate surface area is 122 Å². The van der Waals surface area contributed by atoms with E-state index >= 15 is 0 Å². The van der Waals surface area contributed by atoms with Gasteiger partial charge in [0, 0.05) is 15.3 Å². The van der Waals surface area contributed by atoms with Gasteiger partial charge in [-0.15, -0.1) is 11.3 Å². The van der Waals surface area contributed by atoms with Crippen molar-refractivity contribution in [1.29, 1.82) is 0 Å². The Morgan fingerprint density at radius 3 is 2.35 bits per heavy atom. The van der Waals surface area contributed by atoms with E-state index in [2.05, 4.69) is 12.2 Å². The minimum Gasteiger partial charge on any atom is -0.305 e. The average molecular weight is 295 g/mol. The zero-order valence-electron chi connectivity index (χ0n) is 11.7. The van der Waals surface area contributed by atoms with E-state index in [-0.39, 0.29) is 5.56 Å². The number of nitrogens with one attached hydrogen (secondary N) is 1. The minimum atomic E-state index is -0.495. The Morgan fingerprint density at radius 1 is 1.10 bits per heavy atom. The standard InChI is InChI=1S/C16H19F2NS/c1-3-10-19-16(14-9-8-11(4-2)20-14)15-12(17)6-5-7-13(15)18/h5-9,16,19H,3-4,10H2,1-2H3. The van der Waals surface area contributed by atoms with Crippen LogP contribution in [0.5, 0.6) is 0 Å². The van der Waals surface area contributed by atoms with E-state index in [1.54, 1.807) is 11.3 Å². The maximum absolute atomic E-state index is 14.0. The van der Waals surface area contributed by atoms with Crippen LogP contribution in [0.3, 0.4) is 0 Å². The lowest BCUT2D eigenvalue weighted by Crippen LogP contribution is -2.24. The van der Waals surface area contributed by atoms with Crippen LogP contribution in [0, 0.1) is 11.6 Å². The summed E-state index contributed by atoms with van der Waals surface area (Å²) < 4.78 is 28.1. The van der Waals surface area contributed by atoms with Gasteiger partial charge in [0.15, 0.2) is 0 Å². The third-order valence-corrected chi connectivity index (χ3v) is 4.50. The summed E-state index contributed by atoms with van der Waals surface area (Å²) in [5.41, 5.74) is 0.116. The van der Waals surface area contributed by atoms with Crippen LogP contribution in [0.4, 0.5) is 8.78 Å². The molecule has 2 rings (SSSR count). The summed E-state index contributed by atoms with van der Waals surface area (Å²) >= 11 is 1.61. The van der Waals surface area contributed by atoms with Gasteiger partial charge >= 0.3 is 0 Å². The Bertz CT molecular complexity index is 545. The fourth-order valence-corrected chi connectivity index (χ4v) is 3.20. The van der Waals surface area contributed by atoms with Gasteiger partial charge in [0.25, 0.3) is 0 Å². The fraction of sp³-hybridized carbons (Fsp3) is 0.375. The molecule has 0 bridgehead atoms. The van der Waals surface area contributed by atoms with Gasteiger partial charge in [0.05, 0.1) is 6.04 Å². The van der Waals surface area contributed by atoms with Crippen LogP contribution in [-0.4, -0.2) is 6.54 Å². The summed E-state index contributed by atoms with van der Waals surface area (Å²) in [4.78, 5) is 2.18. The molecule has 20 heavy (non-hydrogen) atoms. The molecule has 0 aliphatic heterocycles. The zero-order valence-corrected chi connectivity index (χ0v) is 12.6. The molecule has 1 heterocycles. The first-order valence-electron chi connectivity index (χ1n) is 6.93. The van der Waals surface area contributed by atoms with E-state index in [1.165, 1.54) is 23.1 Å². The summed E-state index contributed by atoms with van der Waals surface area (Å²) in [6.07, 6.45) is 1.85. The molecule has 1 atom stereocenters. The second kappa shape index (κ2) is 6.95. The van der Waals surface area contributed by atoms with E-state index < -0.39 is 17.7 Å². The lowest BCUT2D eigenvalue weighted by molar-refractivity contribution is 0.506. The van der Waals surface area contributed by atoms with E-state index in [0.29, 0.717) is 0 Å². The van der Waals surface area contributed by atoms with E-state index in [9.17, 15) is 8.78 Å². The van der Waals surface area contributed by atoms with E-state index in [0.717, 1.165) is 24.3 Å². The summed E-state index contributed by atoms with van der Waals surface area (Å²) in [5.74, 6) is -0.991. The number of hydrogen-bond acceptors (Lipinski definition) is 2. The van der Waals surface area contributed by atoms with Crippen LogP contribution >= 0.6 is 11.3 Å². The predicted octanol–water partition coefficient (Wildman–Crippen LogP) is 4.68. The van der Waals surface area contributed by atoms with Crippen LogP contribution < -0.4 is 5.32 Å². The van der Waals surface area contributed by atoms with Crippen LogP contribution in [0.25, 0.3) is 0 Å². The van der Waals surface area contributed by atoms with Crippen molar-refractivity contribution in [3.05, 3.63) is 57.3 Å². The van der Waals surface area contributed by atoms with E-state index in [4.69, 9.17) is 0 Å².